The molecule has 1 aliphatic heterocycles. The number of carbonyl (C=O) groups excluding carboxylic acids is 1. The first kappa shape index (κ1) is 23.1. The number of aromatic nitrogens is 2. The van der Waals surface area contributed by atoms with Crippen molar-refractivity contribution in [3.8, 4) is 0 Å². The van der Waals surface area contributed by atoms with Gasteiger partial charge in [-0.2, -0.15) is 4.68 Å². The van der Waals surface area contributed by atoms with Gasteiger partial charge in [-0.15, -0.1) is 0 Å². The molecule has 33 heavy (non-hydrogen) atoms. The summed E-state index contributed by atoms with van der Waals surface area (Å²) in [6.07, 6.45) is 3.09. The second-order valence-corrected chi connectivity index (χ2v) is 10.2. The van der Waals surface area contributed by atoms with Gasteiger partial charge in [0.1, 0.15) is 5.60 Å². The van der Waals surface area contributed by atoms with E-state index in [2.05, 4.69) is 5.32 Å². The number of hydrogen-bond donors (Lipinski definition) is 2. The molecule has 2 fully saturated rings. The molecule has 9 nitrogen and oxygen atoms in total. The van der Waals surface area contributed by atoms with E-state index in [1.807, 2.05) is 11.8 Å². The molecule has 2 aromatic heterocycles. The van der Waals surface area contributed by atoms with Crippen LogP contribution in [0.1, 0.15) is 64.0 Å². The molecule has 3 heterocycles. The van der Waals surface area contributed by atoms with Gasteiger partial charge in [0.25, 0.3) is 5.56 Å². The van der Waals surface area contributed by atoms with Crippen LogP contribution in [0.25, 0.3) is 5.52 Å². The fraction of sp³-hybridized carbons (Fsp3) is 0.609. The molecule has 2 aromatic rings. The number of nitrogens with zero attached hydrogens (tertiary/aromatic N) is 3. The Morgan fingerprint density at radius 3 is 2.55 bits per heavy atom. The van der Waals surface area contributed by atoms with Gasteiger partial charge in [-0.25, -0.2) is 14.0 Å². The highest BCUT2D eigenvalue weighted by molar-refractivity contribution is 5.73. The summed E-state index contributed by atoms with van der Waals surface area (Å²) in [6.45, 7) is 10.2. The van der Waals surface area contributed by atoms with E-state index in [0.717, 1.165) is 29.9 Å². The molecule has 1 saturated carbocycles. The lowest BCUT2D eigenvalue weighted by atomic mass is 10.0. The van der Waals surface area contributed by atoms with Crippen molar-refractivity contribution in [3.05, 3.63) is 44.0 Å². The number of nitrogens with one attached hydrogen (secondary N) is 1. The highest BCUT2D eigenvalue weighted by Gasteiger charge is 2.35. The fourth-order valence-electron chi connectivity index (χ4n) is 4.77. The maximum Gasteiger partial charge on any atom is 0.407 e. The molecule has 4 rings (SSSR count). The molecule has 1 aliphatic carbocycles. The lowest BCUT2D eigenvalue weighted by Crippen LogP contribution is -2.44. The van der Waals surface area contributed by atoms with Crippen LogP contribution in [0.4, 0.5) is 14.9 Å². The first-order valence-electron chi connectivity index (χ1n) is 11.4. The van der Waals surface area contributed by atoms with Gasteiger partial charge in [0.15, 0.2) is 5.82 Å². The maximum absolute atomic E-state index is 15.3. The molecular formula is C23H32FN5O4. The number of carbonyl (C=O) groups is 1. The monoisotopic (exact) mass is 461 g/mol. The quantitative estimate of drug-likeness (QED) is 0.676. The lowest BCUT2D eigenvalue weighted by molar-refractivity contribution is 0.0494. The van der Waals surface area contributed by atoms with Crippen LogP contribution < -0.4 is 27.3 Å². The number of halogens is 1. The van der Waals surface area contributed by atoms with Gasteiger partial charge in [0.2, 0.25) is 0 Å². The zero-order valence-electron chi connectivity index (χ0n) is 19.8. The lowest BCUT2D eigenvalue weighted by Gasteiger charge is -2.26. The van der Waals surface area contributed by atoms with Crippen LogP contribution in [0.15, 0.2) is 15.8 Å². The molecule has 0 bridgehead atoms. The minimum Gasteiger partial charge on any atom is -0.444 e. The van der Waals surface area contributed by atoms with Crippen molar-refractivity contribution in [2.45, 2.75) is 71.4 Å². The summed E-state index contributed by atoms with van der Waals surface area (Å²) in [5.74, 6) is 5.28. The maximum atomic E-state index is 15.3. The van der Waals surface area contributed by atoms with Crippen molar-refractivity contribution in [1.29, 1.82) is 0 Å². The van der Waals surface area contributed by atoms with Gasteiger partial charge in [0.05, 0.1) is 17.4 Å². The fourth-order valence-corrected chi connectivity index (χ4v) is 4.77. The second-order valence-electron chi connectivity index (χ2n) is 10.2. The van der Waals surface area contributed by atoms with E-state index in [0.29, 0.717) is 40.1 Å². The Kier molecular flexibility index (Phi) is 5.66. The van der Waals surface area contributed by atoms with E-state index >= 15 is 4.39 Å². The number of fused-ring (bicyclic) bond motifs is 1. The highest BCUT2D eigenvalue weighted by atomic mass is 19.1. The molecule has 0 aromatic carbocycles. The van der Waals surface area contributed by atoms with Crippen LogP contribution in [0.5, 0.6) is 0 Å². The van der Waals surface area contributed by atoms with E-state index < -0.39 is 28.8 Å². The van der Waals surface area contributed by atoms with Gasteiger partial charge >= 0.3 is 11.8 Å². The Labute approximate surface area is 191 Å². The third-order valence-corrected chi connectivity index (χ3v) is 6.51. The van der Waals surface area contributed by atoms with Crippen molar-refractivity contribution < 1.29 is 13.9 Å². The molecule has 0 radical (unpaired) electrons. The Morgan fingerprint density at radius 2 is 1.94 bits per heavy atom. The largest absolute Gasteiger partial charge is 0.444 e. The number of pyridine rings is 1. The number of amides is 1. The number of nitrogens with two attached hydrogens (primary N) is 1. The zero-order valence-corrected chi connectivity index (χ0v) is 19.8. The van der Waals surface area contributed by atoms with Gasteiger partial charge in [-0.05, 0) is 65.7 Å². The molecule has 2 aliphatic rings. The Morgan fingerprint density at radius 1 is 1.27 bits per heavy atom. The van der Waals surface area contributed by atoms with E-state index in [4.69, 9.17) is 10.6 Å². The van der Waals surface area contributed by atoms with Gasteiger partial charge in [-0.1, -0.05) is 0 Å². The zero-order chi connectivity index (χ0) is 24.2. The summed E-state index contributed by atoms with van der Waals surface area (Å²) >= 11 is 0. The summed E-state index contributed by atoms with van der Waals surface area (Å²) in [5, 5.41) is 2.88. The molecule has 1 saturated heterocycles. The first-order valence-corrected chi connectivity index (χ1v) is 11.4. The number of nitrogen functional groups attached to an aromatic ring is 1. The summed E-state index contributed by atoms with van der Waals surface area (Å²) in [4.78, 5) is 39.4. The van der Waals surface area contributed by atoms with Crippen molar-refractivity contribution in [2.24, 2.45) is 5.92 Å². The third kappa shape index (κ3) is 4.30. The standard InChI is InChI=1S/C23H32FN5O4/c1-12-18(27-9-8-15(10-27)13(2)26-21(31)33-23(3,4)5)16(24)11-28-19(12)17(14-6-7-14)20(30)29(25)22(28)32/h11,13-15H,6-10,25H2,1-5H3,(H,26,31)/t13-,15+/m1/s1. The Bertz CT molecular complexity index is 1220. The predicted molar refractivity (Wildman–Crippen MR) is 124 cm³/mol. The normalized spacial score (nSPS) is 19.7. The molecular weight excluding hydrogens is 429 g/mol. The summed E-state index contributed by atoms with van der Waals surface area (Å²) < 4.78 is 22.4. The highest BCUT2D eigenvalue weighted by Crippen LogP contribution is 2.42. The van der Waals surface area contributed by atoms with E-state index in [1.54, 1.807) is 27.7 Å². The van der Waals surface area contributed by atoms with Crippen molar-refractivity contribution in [1.82, 2.24) is 14.4 Å². The Balaban J connectivity index is 1.65. The van der Waals surface area contributed by atoms with E-state index in [-0.39, 0.29) is 17.9 Å². The average Bonchev–Trinajstić information content (AvgIpc) is 3.42. The molecule has 2 atom stereocenters. The van der Waals surface area contributed by atoms with Gasteiger partial charge in [0, 0.05) is 30.3 Å². The summed E-state index contributed by atoms with van der Waals surface area (Å²) in [7, 11) is 0. The number of hydrogen-bond acceptors (Lipinski definition) is 6. The SMILES string of the molecule is Cc1c(N2CC[C@H]([C@@H](C)NC(=O)OC(C)(C)C)C2)c(F)cn2c(=O)n(N)c(=O)c(C3CC3)c12. The van der Waals surface area contributed by atoms with E-state index in [9.17, 15) is 14.4 Å². The van der Waals surface area contributed by atoms with Crippen LogP contribution in [0, 0.1) is 18.7 Å². The second kappa shape index (κ2) is 8.07. The Hall–Kier alpha value is -3.04. The van der Waals surface area contributed by atoms with Crippen LogP contribution in [0.3, 0.4) is 0 Å². The van der Waals surface area contributed by atoms with Crippen LogP contribution in [0.2, 0.25) is 0 Å². The van der Waals surface area contributed by atoms with Crippen molar-refractivity contribution >= 4 is 17.3 Å². The first-order chi connectivity index (χ1) is 15.4. The number of rotatable bonds is 4. The number of aryl methyl sites for hydroxylation is 1. The van der Waals surface area contributed by atoms with Gasteiger partial charge in [-0.3, -0.25) is 9.20 Å². The minimum atomic E-state index is -0.762. The van der Waals surface area contributed by atoms with E-state index in [1.165, 1.54) is 0 Å². The summed E-state index contributed by atoms with van der Waals surface area (Å²) in [6, 6.07) is -0.164. The summed E-state index contributed by atoms with van der Waals surface area (Å²) in [5.41, 5.74) is 0.00850. The number of ether oxygens (including phenoxy) is 1. The molecule has 180 valence electrons. The average molecular weight is 462 g/mol. The predicted octanol–water partition coefficient (Wildman–Crippen LogP) is 2.24. The van der Waals surface area contributed by atoms with Crippen LogP contribution >= 0.6 is 0 Å². The van der Waals surface area contributed by atoms with Crippen LogP contribution in [-0.4, -0.2) is 39.9 Å². The van der Waals surface area contributed by atoms with Crippen molar-refractivity contribution in [3.63, 3.8) is 0 Å². The van der Waals surface area contributed by atoms with Gasteiger partial charge < -0.3 is 20.8 Å². The number of alkyl carbamates (subject to hydrolysis) is 1. The molecule has 1 amide bonds. The number of anilines is 1. The van der Waals surface area contributed by atoms with Crippen molar-refractivity contribution in [2.75, 3.05) is 23.8 Å². The molecule has 3 N–H and O–H groups in total. The minimum absolute atomic E-state index is 0.0317. The molecule has 0 spiro atoms. The third-order valence-electron chi connectivity index (χ3n) is 6.51. The smallest absolute Gasteiger partial charge is 0.407 e. The van der Waals surface area contributed by atoms with Crippen LogP contribution in [-0.2, 0) is 4.74 Å². The molecule has 0 unspecified atom stereocenters. The molecule has 10 heteroatoms. The topological polar surface area (TPSA) is 111 Å².